The number of hydrogen-bond donors (Lipinski definition) is 2. The predicted molar refractivity (Wildman–Crippen MR) is 76.5 cm³/mol. The van der Waals surface area contributed by atoms with Crippen molar-refractivity contribution in [1.29, 1.82) is 0 Å². The number of sulfonamides is 1. The second kappa shape index (κ2) is 6.65. The quantitative estimate of drug-likeness (QED) is 0.869. The first-order valence-electron chi connectivity index (χ1n) is 7.13. The van der Waals surface area contributed by atoms with Crippen LogP contribution in [0.1, 0.15) is 44.6 Å². The molecule has 0 amide bonds. The molecule has 20 heavy (non-hydrogen) atoms. The predicted octanol–water partition coefficient (Wildman–Crippen LogP) is 1.82. The monoisotopic (exact) mass is 298 g/mol. The first-order chi connectivity index (χ1) is 9.55. The van der Waals surface area contributed by atoms with Gasteiger partial charge in [0.25, 0.3) is 10.0 Å². The Balaban J connectivity index is 2.06. The van der Waals surface area contributed by atoms with Crippen molar-refractivity contribution in [2.24, 2.45) is 5.92 Å². The average molecular weight is 298 g/mol. The Kier molecular flexibility index (Phi) is 5.12. The van der Waals surface area contributed by atoms with Crippen LogP contribution in [0.4, 0.5) is 0 Å². The lowest BCUT2D eigenvalue weighted by molar-refractivity contribution is 0.281. The summed E-state index contributed by atoms with van der Waals surface area (Å²) in [7, 11) is -3.56. The number of aromatic nitrogens is 1. The lowest BCUT2D eigenvalue weighted by Gasteiger charge is -2.28. The fourth-order valence-electron chi connectivity index (χ4n) is 2.71. The zero-order valence-corrected chi connectivity index (χ0v) is 12.6. The molecule has 5 nitrogen and oxygen atoms in total. The molecule has 0 spiro atoms. The number of hydrogen-bond acceptors (Lipinski definition) is 4. The highest BCUT2D eigenvalue weighted by Crippen LogP contribution is 2.27. The minimum absolute atomic E-state index is 0.0121. The van der Waals surface area contributed by atoms with Gasteiger partial charge in [-0.2, -0.15) is 0 Å². The van der Waals surface area contributed by atoms with E-state index in [4.69, 9.17) is 5.11 Å². The standard InChI is InChI=1S/C14H22N2O3S/c1-2-11-4-3-5-13(8-11)16-20(18,19)14-7-6-12(10-17)9-15-14/h6-7,9,11,13,16-17H,2-5,8,10H2,1H3. The lowest BCUT2D eigenvalue weighted by Crippen LogP contribution is -2.38. The third-order valence-corrected chi connectivity index (χ3v) is 5.37. The summed E-state index contributed by atoms with van der Waals surface area (Å²) in [5.41, 5.74) is 0.604. The minimum atomic E-state index is -3.56. The zero-order valence-electron chi connectivity index (χ0n) is 11.7. The van der Waals surface area contributed by atoms with Gasteiger partial charge < -0.3 is 5.11 Å². The van der Waals surface area contributed by atoms with Crippen molar-refractivity contribution in [2.75, 3.05) is 0 Å². The van der Waals surface area contributed by atoms with E-state index in [1.165, 1.54) is 18.7 Å². The molecule has 0 bridgehead atoms. The van der Waals surface area contributed by atoms with E-state index in [1.54, 1.807) is 6.07 Å². The Morgan fingerprint density at radius 1 is 1.40 bits per heavy atom. The van der Waals surface area contributed by atoms with Gasteiger partial charge in [-0.05, 0) is 30.4 Å². The van der Waals surface area contributed by atoms with Crippen LogP contribution in [-0.2, 0) is 16.6 Å². The molecular formula is C14H22N2O3S. The van der Waals surface area contributed by atoms with Gasteiger partial charge in [0.15, 0.2) is 5.03 Å². The molecule has 0 radical (unpaired) electrons. The van der Waals surface area contributed by atoms with Gasteiger partial charge in [-0.3, -0.25) is 0 Å². The molecule has 1 aliphatic rings. The van der Waals surface area contributed by atoms with E-state index in [0.29, 0.717) is 11.5 Å². The maximum Gasteiger partial charge on any atom is 0.258 e. The molecule has 1 aliphatic carbocycles. The van der Waals surface area contributed by atoms with Crippen LogP contribution >= 0.6 is 0 Å². The Hall–Kier alpha value is -0.980. The van der Waals surface area contributed by atoms with Crippen molar-refractivity contribution in [1.82, 2.24) is 9.71 Å². The summed E-state index contributed by atoms with van der Waals surface area (Å²) in [6.07, 6.45) is 6.56. The molecule has 0 aromatic carbocycles. The van der Waals surface area contributed by atoms with Crippen LogP contribution in [0.15, 0.2) is 23.4 Å². The average Bonchev–Trinajstić information content (AvgIpc) is 2.47. The maximum absolute atomic E-state index is 12.3. The fourth-order valence-corrected chi connectivity index (χ4v) is 3.92. The molecule has 2 N–H and O–H groups in total. The number of nitrogens with zero attached hydrogens (tertiary/aromatic N) is 1. The van der Waals surface area contributed by atoms with E-state index in [2.05, 4.69) is 16.6 Å². The summed E-state index contributed by atoms with van der Waals surface area (Å²) >= 11 is 0. The van der Waals surface area contributed by atoms with Crippen molar-refractivity contribution in [3.05, 3.63) is 23.9 Å². The van der Waals surface area contributed by atoms with E-state index >= 15 is 0 Å². The molecule has 1 saturated carbocycles. The highest BCUT2D eigenvalue weighted by molar-refractivity contribution is 7.89. The van der Waals surface area contributed by atoms with Crippen molar-refractivity contribution in [3.63, 3.8) is 0 Å². The van der Waals surface area contributed by atoms with E-state index in [1.807, 2.05) is 0 Å². The Labute approximate surface area is 120 Å². The van der Waals surface area contributed by atoms with Gasteiger partial charge in [0.1, 0.15) is 0 Å². The van der Waals surface area contributed by atoms with Crippen LogP contribution in [0, 0.1) is 5.92 Å². The zero-order chi connectivity index (χ0) is 14.6. The lowest BCUT2D eigenvalue weighted by atomic mass is 9.85. The van der Waals surface area contributed by atoms with Gasteiger partial charge in [-0.1, -0.05) is 32.3 Å². The number of aliphatic hydroxyl groups excluding tert-OH is 1. The second-order valence-corrected chi connectivity index (χ2v) is 7.08. The number of nitrogens with one attached hydrogen (secondary N) is 1. The molecule has 2 unspecified atom stereocenters. The van der Waals surface area contributed by atoms with Crippen LogP contribution in [0.2, 0.25) is 0 Å². The smallest absolute Gasteiger partial charge is 0.258 e. The third kappa shape index (κ3) is 3.77. The number of pyridine rings is 1. The van der Waals surface area contributed by atoms with E-state index in [9.17, 15) is 8.42 Å². The molecule has 1 aromatic heterocycles. The summed E-state index contributed by atoms with van der Waals surface area (Å²) in [5, 5.41) is 8.97. The van der Waals surface area contributed by atoms with Gasteiger partial charge in [-0.25, -0.2) is 18.1 Å². The Morgan fingerprint density at radius 2 is 2.20 bits per heavy atom. The Morgan fingerprint density at radius 3 is 2.80 bits per heavy atom. The van der Waals surface area contributed by atoms with Crippen LogP contribution < -0.4 is 4.72 Å². The largest absolute Gasteiger partial charge is 0.392 e. The minimum Gasteiger partial charge on any atom is -0.392 e. The summed E-state index contributed by atoms with van der Waals surface area (Å²) in [6.45, 7) is 2.01. The fraction of sp³-hybridized carbons (Fsp3) is 0.643. The van der Waals surface area contributed by atoms with Gasteiger partial charge in [-0.15, -0.1) is 0 Å². The molecule has 112 valence electrons. The van der Waals surface area contributed by atoms with Crippen molar-refractivity contribution >= 4 is 10.0 Å². The molecule has 1 heterocycles. The molecule has 1 fully saturated rings. The van der Waals surface area contributed by atoms with E-state index in [0.717, 1.165) is 25.7 Å². The normalized spacial score (nSPS) is 23.7. The molecule has 1 aromatic rings. The van der Waals surface area contributed by atoms with Gasteiger partial charge in [0, 0.05) is 12.2 Å². The third-order valence-electron chi connectivity index (χ3n) is 3.94. The maximum atomic E-state index is 12.3. The van der Waals surface area contributed by atoms with Gasteiger partial charge in [0.05, 0.1) is 6.61 Å². The molecular weight excluding hydrogens is 276 g/mol. The van der Waals surface area contributed by atoms with Crippen LogP contribution in [-0.4, -0.2) is 24.6 Å². The molecule has 0 saturated heterocycles. The van der Waals surface area contributed by atoms with Crippen LogP contribution in [0.5, 0.6) is 0 Å². The highest BCUT2D eigenvalue weighted by atomic mass is 32.2. The Bertz CT molecular complexity index is 528. The topological polar surface area (TPSA) is 79.3 Å². The highest BCUT2D eigenvalue weighted by Gasteiger charge is 2.26. The van der Waals surface area contributed by atoms with Gasteiger partial charge in [0.2, 0.25) is 0 Å². The van der Waals surface area contributed by atoms with Crippen molar-refractivity contribution in [3.8, 4) is 0 Å². The van der Waals surface area contributed by atoms with Crippen LogP contribution in [0.25, 0.3) is 0 Å². The molecule has 6 heteroatoms. The molecule has 2 rings (SSSR count). The molecule has 2 atom stereocenters. The number of rotatable bonds is 5. The summed E-state index contributed by atoms with van der Waals surface area (Å²) in [4.78, 5) is 3.92. The van der Waals surface area contributed by atoms with Gasteiger partial charge >= 0.3 is 0 Å². The summed E-state index contributed by atoms with van der Waals surface area (Å²) in [5.74, 6) is 0.612. The van der Waals surface area contributed by atoms with Crippen molar-refractivity contribution in [2.45, 2.75) is 56.7 Å². The SMILES string of the molecule is CCC1CCCC(NS(=O)(=O)c2ccc(CO)cn2)C1. The molecule has 0 aliphatic heterocycles. The first-order valence-corrected chi connectivity index (χ1v) is 8.61. The van der Waals surface area contributed by atoms with E-state index in [-0.39, 0.29) is 17.7 Å². The van der Waals surface area contributed by atoms with E-state index < -0.39 is 10.0 Å². The van der Waals surface area contributed by atoms with Crippen molar-refractivity contribution < 1.29 is 13.5 Å². The second-order valence-electron chi connectivity index (χ2n) is 5.42. The van der Waals surface area contributed by atoms with Crippen LogP contribution in [0.3, 0.4) is 0 Å². The summed E-state index contributed by atoms with van der Waals surface area (Å²) < 4.78 is 27.3. The summed E-state index contributed by atoms with van der Waals surface area (Å²) in [6, 6.07) is 3.03. The number of aliphatic hydroxyl groups is 1. The first kappa shape index (κ1) is 15.4.